The van der Waals surface area contributed by atoms with Gasteiger partial charge < -0.3 is 14.6 Å². The van der Waals surface area contributed by atoms with Gasteiger partial charge in [0.25, 0.3) is 0 Å². The zero-order chi connectivity index (χ0) is 35.2. The molecule has 0 aliphatic carbocycles. The number of ether oxygens (including phenoxy) is 1. The number of hydrogen-bond acceptors (Lipinski definition) is 8. The number of carbonyl (C=O) groups excluding carboxylic acids is 1. The number of nitrogens with zero attached hydrogens (tertiary/aromatic N) is 4. The highest BCUT2D eigenvalue weighted by atomic mass is 32.2. The first kappa shape index (κ1) is 38.0. The van der Waals surface area contributed by atoms with Gasteiger partial charge in [0.05, 0.1) is 48.1 Å². The van der Waals surface area contributed by atoms with E-state index in [1.807, 2.05) is 51.2 Å². The third-order valence-electron chi connectivity index (χ3n) is 6.96. The average Bonchev–Trinajstić information content (AvgIpc) is 3.71. The largest absolute Gasteiger partial charge is 0.443 e. The summed E-state index contributed by atoms with van der Waals surface area (Å²) >= 11 is 0. The van der Waals surface area contributed by atoms with Crippen molar-refractivity contribution in [1.29, 1.82) is 0 Å². The van der Waals surface area contributed by atoms with Crippen molar-refractivity contribution in [3.8, 4) is 0 Å². The van der Waals surface area contributed by atoms with Crippen molar-refractivity contribution < 1.29 is 26.4 Å². The molecule has 1 amide bonds. The van der Waals surface area contributed by atoms with E-state index >= 15 is 0 Å². The van der Waals surface area contributed by atoms with Crippen LogP contribution >= 0.6 is 0 Å². The monoisotopic (exact) mass is 673 g/mol. The van der Waals surface area contributed by atoms with Crippen molar-refractivity contribution in [3.63, 3.8) is 0 Å². The first-order valence-electron chi connectivity index (χ1n) is 14.7. The first-order chi connectivity index (χ1) is 21.8. The molecule has 2 aliphatic rings. The van der Waals surface area contributed by atoms with E-state index in [-0.39, 0.29) is 0 Å². The van der Waals surface area contributed by atoms with Gasteiger partial charge in [-0.05, 0) is 69.0 Å². The van der Waals surface area contributed by atoms with E-state index in [0.29, 0.717) is 23.6 Å². The number of aromatic nitrogens is 2. The Morgan fingerprint density at radius 2 is 1.68 bits per heavy atom. The Bertz CT molecular complexity index is 1740. The topological polar surface area (TPSA) is 145 Å². The number of carbonyl (C=O) groups is 1. The molecule has 47 heavy (non-hydrogen) atoms. The molecule has 0 unspecified atom stereocenters. The maximum atomic E-state index is 12.2. The van der Waals surface area contributed by atoms with E-state index in [4.69, 9.17) is 27.9 Å². The molecule has 2 N–H and O–H groups in total. The highest BCUT2D eigenvalue weighted by Crippen LogP contribution is 2.34. The molecule has 0 fully saturated rings. The summed E-state index contributed by atoms with van der Waals surface area (Å²) in [4.78, 5) is 23.1. The van der Waals surface area contributed by atoms with Crippen molar-refractivity contribution in [2.45, 2.75) is 45.8 Å². The fourth-order valence-corrected chi connectivity index (χ4v) is 5.78. The summed E-state index contributed by atoms with van der Waals surface area (Å²) in [7, 11) is 10.8. The fourth-order valence-electron chi connectivity index (χ4n) is 4.73. The van der Waals surface area contributed by atoms with Gasteiger partial charge in [-0.25, -0.2) is 26.6 Å². The summed E-state index contributed by atoms with van der Waals surface area (Å²) in [5, 5.41) is 0. The van der Waals surface area contributed by atoms with E-state index in [0.717, 1.165) is 49.1 Å². The molecule has 0 bridgehead atoms. The Morgan fingerprint density at radius 3 is 2.23 bits per heavy atom. The van der Waals surface area contributed by atoms with Crippen LogP contribution in [0.25, 0.3) is 0 Å². The van der Waals surface area contributed by atoms with E-state index in [1.54, 1.807) is 25.5 Å². The van der Waals surface area contributed by atoms with Crippen LogP contribution in [0.4, 0.5) is 27.5 Å². The molecule has 3 aromatic rings. The molecule has 3 heterocycles. The first-order valence-corrected chi connectivity index (χ1v) is 18.5. The lowest BCUT2D eigenvalue weighted by atomic mass is 8.97. The van der Waals surface area contributed by atoms with Gasteiger partial charge in [-0.2, -0.15) is 0 Å². The Labute approximate surface area is 284 Å². The molecule has 0 spiro atoms. The molecule has 2 aromatic carbocycles. The molecule has 1 aromatic heterocycles. The van der Waals surface area contributed by atoms with E-state index < -0.39 is 38.1 Å². The van der Waals surface area contributed by atoms with Gasteiger partial charge in [-0.15, -0.1) is 0 Å². The number of amides is 1. The van der Waals surface area contributed by atoms with Gasteiger partial charge in [0.15, 0.2) is 0 Å². The van der Waals surface area contributed by atoms with Crippen LogP contribution in [0, 0.1) is 0 Å². The molecular weight excluding hydrogens is 635 g/mol. The van der Waals surface area contributed by atoms with Gasteiger partial charge in [0, 0.05) is 68.7 Å². The maximum absolute atomic E-state index is 12.2. The maximum Gasteiger partial charge on any atom is 0.414 e. The second-order valence-corrected chi connectivity index (χ2v) is 15.9. The van der Waals surface area contributed by atoms with Gasteiger partial charge in [0.1, 0.15) is 5.60 Å². The lowest BCUT2D eigenvalue weighted by Crippen LogP contribution is -2.35. The average molecular weight is 673 g/mol. The van der Waals surface area contributed by atoms with Crippen molar-refractivity contribution in [1.82, 2.24) is 9.97 Å². The van der Waals surface area contributed by atoms with Crippen molar-refractivity contribution in [3.05, 3.63) is 65.7 Å². The highest BCUT2D eigenvalue weighted by molar-refractivity contribution is 7.92. The number of H-pyrrole nitrogens is 1. The van der Waals surface area contributed by atoms with Crippen LogP contribution in [0.3, 0.4) is 0 Å². The minimum absolute atomic E-state index is 0.419. The minimum atomic E-state index is -3.35. The molecule has 19 heteroatoms. The second-order valence-electron chi connectivity index (χ2n) is 12.2. The smallest absolute Gasteiger partial charge is 0.414 e. The van der Waals surface area contributed by atoms with E-state index in [9.17, 15) is 21.6 Å². The Morgan fingerprint density at radius 1 is 1.06 bits per heavy atom. The van der Waals surface area contributed by atoms with Gasteiger partial charge in [0.2, 0.25) is 20.0 Å². The Balaban J connectivity index is 0.000000224. The number of sulfonamides is 2. The lowest BCUT2D eigenvalue weighted by Gasteiger charge is -2.25. The van der Waals surface area contributed by atoms with Gasteiger partial charge in [-0.3, -0.25) is 13.9 Å². The number of fused-ring (bicyclic) bond motifs is 2. The number of anilines is 4. The molecule has 2 aliphatic heterocycles. The highest BCUT2D eigenvalue weighted by Gasteiger charge is 2.29. The summed E-state index contributed by atoms with van der Waals surface area (Å²) in [6.07, 6.45) is 6.60. The van der Waals surface area contributed by atoms with Crippen LogP contribution in [0.1, 0.15) is 37.6 Å². The summed E-state index contributed by atoms with van der Waals surface area (Å²) in [6, 6.07) is 11.0. The molecule has 0 saturated heterocycles. The third-order valence-corrected chi connectivity index (χ3v) is 8.77. The van der Waals surface area contributed by atoms with Crippen LogP contribution < -0.4 is 18.8 Å². The predicted molar refractivity (Wildman–Crippen MR) is 194 cm³/mol. The van der Waals surface area contributed by atoms with Gasteiger partial charge in [-0.1, -0.05) is 12.1 Å². The minimum Gasteiger partial charge on any atom is -0.443 e. The predicted octanol–water partition coefficient (Wildman–Crippen LogP) is 1.82. The van der Waals surface area contributed by atoms with Crippen molar-refractivity contribution in [2.24, 2.45) is 0 Å². The van der Waals surface area contributed by atoms with Crippen molar-refractivity contribution >= 4 is 85.5 Å². The molecule has 12 nitrogen and oxygen atoms in total. The number of hydrogen-bond donors (Lipinski definition) is 2. The van der Waals surface area contributed by atoms with Crippen LogP contribution in [-0.2, 0) is 44.2 Å². The zero-order valence-electron chi connectivity index (χ0n) is 27.6. The normalized spacial score (nSPS) is 13.7. The number of aromatic amines is 1. The SMILES string of the molecule is CC(C)(C)OC(=O)N1CCc2ccc(NS(C)(=O)=O)cc21.CN(c1ccc2c(c1)N(Cc1cnc[nH]1)CC2)S(C)(=O)=O.[B][B]B([B])[B]. The molecule has 7 radical (unpaired) electrons. The van der Waals surface area contributed by atoms with Crippen LogP contribution in [-0.4, -0.2) is 108 Å². The molecule has 243 valence electrons. The van der Waals surface area contributed by atoms with Crippen LogP contribution in [0.15, 0.2) is 48.9 Å². The number of benzene rings is 2. The number of imidazole rings is 1. The number of nitrogens with one attached hydrogen (secondary N) is 2. The lowest BCUT2D eigenvalue weighted by molar-refractivity contribution is 0.0584. The molecule has 5 rings (SSSR count). The zero-order valence-corrected chi connectivity index (χ0v) is 29.2. The Hall–Kier alpha value is -3.46. The summed E-state index contributed by atoms with van der Waals surface area (Å²) in [5.41, 5.74) is 5.64. The Kier molecular flexibility index (Phi) is 12.6. The summed E-state index contributed by atoms with van der Waals surface area (Å²) < 4.78 is 55.0. The molecular formula is C28H38B5N6O6S2. The van der Waals surface area contributed by atoms with Crippen LogP contribution in [0.2, 0.25) is 0 Å². The molecule has 0 saturated carbocycles. The second kappa shape index (κ2) is 15.6. The third kappa shape index (κ3) is 11.6. The fraction of sp³-hybridized carbons (Fsp3) is 0.429. The van der Waals surface area contributed by atoms with E-state index in [2.05, 4.69) is 19.6 Å². The van der Waals surface area contributed by atoms with Crippen molar-refractivity contribution in [2.75, 3.05) is 51.5 Å². The standard InChI is InChI=1S/C14H18N4O2S.C14H20N2O4S.B5/c1-17(21(2,19)20)13-4-3-11-5-6-18(14(11)7-13)9-12-8-15-10-16-12;1-14(2,3)20-13(17)16-8-7-10-5-6-11(9-12(10)16)15-21(4,18)19;1-4-5(2)3/h3-4,7-8,10H,5-6,9H2,1-2H3,(H,15,16);5-6,9,15H,7-8H2,1-4H3;. The van der Waals surface area contributed by atoms with E-state index in [1.165, 1.54) is 28.1 Å². The quantitative estimate of drug-likeness (QED) is 0.362. The van der Waals surface area contributed by atoms with Gasteiger partial charge >= 0.3 is 6.09 Å². The van der Waals surface area contributed by atoms with Crippen LogP contribution in [0.5, 0.6) is 0 Å². The summed E-state index contributed by atoms with van der Waals surface area (Å²) in [6.45, 7) is 7.64. The number of rotatable bonds is 7. The molecule has 0 atom stereocenters. The summed E-state index contributed by atoms with van der Waals surface area (Å²) in [5.74, 6) is 0.